The van der Waals surface area contributed by atoms with Crippen LogP contribution in [-0.4, -0.2) is 42.3 Å². The van der Waals surface area contributed by atoms with Gasteiger partial charge >= 0.3 is 12.1 Å². The molecule has 5 nitrogen and oxygen atoms in total. The zero-order valence-corrected chi connectivity index (χ0v) is 16.8. The summed E-state index contributed by atoms with van der Waals surface area (Å²) in [5, 5.41) is 0. The Labute approximate surface area is 157 Å². The van der Waals surface area contributed by atoms with Crippen molar-refractivity contribution in [2.75, 3.05) is 19.7 Å². The minimum atomic E-state index is -0.541. The van der Waals surface area contributed by atoms with Gasteiger partial charge < -0.3 is 14.4 Å². The Balaban J connectivity index is 2.23. The highest BCUT2D eigenvalue weighted by Crippen LogP contribution is 2.35. The van der Waals surface area contributed by atoms with Crippen molar-refractivity contribution in [1.82, 2.24) is 4.90 Å². The Morgan fingerprint density at radius 3 is 2.64 bits per heavy atom. The van der Waals surface area contributed by atoms with E-state index in [1.54, 1.807) is 4.90 Å². The molecule has 1 saturated heterocycles. The Bertz CT molecular complexity index is 626. The second-order valence-electron chi connectivity index (χ2n) is 7.24. The summed E-state index contributed by atoms with van der Waals surface area (Å²) in [6.45, 7) is 8.64. The van der Waals surface area contributed by atoms with Crippen LogP contribution in [0.2, 0.25) is 0 Å². The number of piperidine rings is 1. The van der Waals surface area contributed by atoms with Crippen LogP contribution in [-0.2, 0) is 14.3 Å². The summed E-state index contributed by atoms with van der Waals surface area (Å²) in [4.78, 5) is 26.5. The standard InChI is InChI=1S/C19H26BrNO4/c1-5-24-17(22)15-9-10-21(18(23)25-19(2,3)4)12-16(15)13-7-6-8-14(20)11-13/h6-8,11,15-16H,5,9-10,12H2,1-4H3. The number of likely N-dealkylation sites (tertiary alicyclic amines) is 1. The number of ether oxygens (including phenoxy) is 2. The van der Waals surface area contributed by atoms with Crippen LogP contribution in [0.1, 0.15) is 45.6 Å². The van der Waals surface area contributed by atoms with E-state index in [9.17, 15) is 9.59 Å². The molecule has 138 valence electrons. The molecule has 0 aromatic heterocycles. The van der Waals surface area contributed by atoms with Crippen molar-refractivity contribution in [1.29, 1.82) is 0 Å². The fraction of sp³-hybridized carbons (Fsp3) is 0.579. The molecule has 0 saturated carbocycles. The molecule has 1 aromatic carbocycles. The van der Waals surface area contributed by atoms with Crippen LogP contribution in [0.25, 0.3) is 0 Å². The van der Waals surface area contributed by atoms with E-state index in [1.165, 1.54) is 0 Å². The van der Waals surface area contributed by atoms with Crippen LogP contribution < -0.4 is 0 Å². The van der Waals surface area contributed by atoms with Crippen molar-refractivity contribution in [3.8, 4) is 0 Å². The molecule has 2 atom stereocenters. The first-order chi connectivity index (χ1) is 11.7. The highest BCUT2D eigenvalue weighted by atomic mass is 79.9. The first-order valence-corrected chi connectivity index (χ1v) is 9.40. The first-order valence-electron chi connectivity index (χ1n) is 8.61. The number of hydrogen-bond acceptors (Lipinski definition) is 4. The predicted octanol–water partition coefficient (Wildman–Crippen LogP) is 4.35. The van der Waals surface area contributed by atoms with Gasteiger partial charge in [-0.1, -0.05) is 28.1 Å². The summed E-state index contributed by atoms with van der Waals surface area (Å²) < 4.78 is 11.7. The van der Waals surface area contributed by atoms with Gasteiger partial charge in [-0.3, -0.25) is 4.79 Å². The lowest BCUT2D eigenvalue weighted by Gasteiger charge is -2.38. The summed E-state index contributed by atoms with van der Waals surface area (Å²) in [6, 6.07) is 7.86. The Morgan fingerprint density at radius 1 is 1.32 bits per heavy atom. The van der Waals surface area contributed by atoms with Gasteiger partial charge in [0, 0.05) is 23.5 Å². The molecule has 1 aromatic rings. The number of halogens is 1. The Hall–Kier alpha value is -1.56. The predicted molar refractivity (Wildman–Crippen MR) is 99.4 cm³/mol. The van der Waals surface area contributed by atoms with Crippen molar-refractivity contribution >= 4 is 28.0 Å². The highest BCUT2D eigenvalue weighted by Gasteiger charge is 2.38. The van der Waals surface area contributed by atoms with E-state index >= 15 is 0 Å². The molecular weight excluding hydrogens is 386 g/mol. The van der Waals surface area contributed by atoms with Crippen molar-refractivity contribution in [2.24, 2.45) is 5.92 Å². The average molecular weight is 412 g/mol. The third-order valence-electron chi connectivity index (χ3n) is 4.13. The SMILES string of the molecule is CCOC(=O)C1CCN(C(=O)OC(C)(C)C)CC1c1cccc(Br)c1. The first kappa shape index (κ1) is 19.8. The molecule has 0 spiro atoms. The normalized spacial score (nSPS) is 20.9. The zero-order valence-electron chi connectivity index (χ0n) is 15.3. The second kappa shape index (κ2) is 8.21. The lowest BCUT2D eigenvalue weighted by molar-refractivity contribution is -0.150. The lowest BCUT2D eigenvalue weighted by Crippen LogP contribution is -2.47. The summed E-state index contributed by atoms with van der Waals surface area (Å²) in [6.07, 6.45) is 0.227. The highest BCUT2D eigenvalue weighted by molar-refractivity contribution is 9.10. The number of carbonyl (C=O) groups is 2. The molecule has 2 rings (SSSR count). The lowest BCUT2D eigenvalue weighted by atomic mass is 9.81. The third-order valence-corrected chi connectivity index (χ3v) is 4.62. The van der Waals surface area contributed by atoms with Gasteiger partial charge in [0.2, 0.25) is 0 Å². The minimum Gasteiger partial charge on any atom is -0.466 e. The maximum absolute atomic E-state index is 12.4. The number of esters is 1. The van der Waals surface area contributed by atoms with Crippen molar-refractivity contribution < 1.29 is 19.1 Å². The summed E-state index contributed by atoms with van der Waals surface area (Å²) >= 11 is 3.48. The molecule has 25 heavy (non-hydrogen) atoms. The molecule has 0 N–H and O–H groups in total. The summed E-state index contributed by atoms with van der Waals surface area (Å²) in [7, 11) is 0. The Kier molecular flexibility index (Phi) is 6.49. The van der Waals surface area contributed by atoms with E-state index in [0.29, 0.717) is 26.1 Å². The van der Waals surface area contributed by atoms with Crippen LogP contribution in [0.4, 0.5) is 4.79 Å². The van der Waals surface area contributed by atoms with E-state index in [1.807, 2.05) is 52.0 Å². The van der Waals surface area contributed by atoms with E-state index in [-0.39, 0.29) is 23.9 Å². The van der Waals surface area contributed by atoms with E-state index in [2.05, 4.69) is 15.9 Å². The van der Waals surface area contributed by atoms with Gasteiger partial charge in [-0.2, -0.15) is 0 Å². The van der Waals surface area contributed by atoms with Crippen molar-refractivity contribution in [3.05, 3.63) is 34.3 Å². The molecule has 6 heteroatoms. The quantitative estimate of drug-likeness (QED) is 0.693. The van der Waals surface area contributed by atoms with Crippen LogP contribution in [0, 0.1) is 5.92 Å². The molecule has 1 aliphatic heterocycles. The van der Waals surface area contributed by atoms with Gasteiger partial charge in [0.15, 0.2) is 0 Å². The third kappa shape index (κ3) is 5.46. The van der Waals surface area contributed by atoms with Gasteiger partial charge in [0.1, 0.15) is 5.60 Å². The molecule has 1 heterocycles. The molecule has 1 amide bonds. The zero-order chi connectivity index (χ0) is 18.6. The molecular formula is C19H26BrNO4. The van der Waals surface area contributed by atoms with Crippen LogP contribution in [0.5, 0.6) is 0 Å². The fourth-order valence-corrected chi connectivity index (χ4v) is 3.47. The smallest absolute Gasteiger partial charge is 0.410 e. The van der Waals surface area contributed by atoms with Gasteiger partial charge in [-0.05, 0) is 51.8 Å². The van der Waals surface area contributed by atoms with Crippen LogP contribution in [0.3, 0.4) is 0 Å². The molecule has 0 radical (unpaired) electrons. The molecule has 2 unspecified atom stereocenters. The molecule has 1 fully saturated rings. The molecule has 1 aliphatic rings. The minimum absolute atomic E-state index is 0.113. The number of amides is 1. The number of nitrogens with zero attached hydrogens (tertiary/aromatic N) is 1. The van der Waals surface area contributed by atoms with Crippen molar-refractivity contribution in [2.45, 2.75) is 45.6 Å². The summed E-state index contributed by atoms with van der Waals surface area (Å²) in [5.74, 6) is -0.568. The molecule has 0 aliphatic carbocycles. The Morgan fingerprint density at radius 2 is 2.04 bits per heavy atom. The van der Waals surface area contributed by atoms with Gasteiger partial charge in [0.05, 0.1) is 12.5 Å². The largest absolute Gasteiger partial charge is 0.466 e. The van der Waals surface area contributed by atoms with Gasteiger partial charge in [-0.25, -0.2) is 4.79 Å². The maximum atomic E-state index is 12.4. The van der Waals surface area contributed by atoms with Crippen LogP contribution in [0.15, 0.2) is 28.7 Å². The molecule has 0 bridgehead atoms. The van der Waals surface area contributed by atoms with Gasteiger partial charge in [-0.15, -0.1) is 0 Å². The maximum Gasteiger partial charge on any atom is 0.410 e. The number of hydrogen-bond donors (Lipinski definition) is 0. The summed E-state index contributed by atoms with van der Waals surface area (Å²) in [5.41, 5.74) is 0.473. The fourth-order valence-electron chi connectivity index (χ4n) is 3.05. The monoisotopic (exact) mass is 411 g/mol. The number of rotatable bonds is 3. The van der Waals surface area contributed by atoms with Crippen LogP contribution >= 0.6 is 15.9 Å². The topological polar surface area (TPSA) is 55.8 Å². The number of benzene rings is 1. The number of carbonyl (C=O) groups excluding carboxylic acids is 2. The van der Waals surface area contributed by atoms with E-state index in [4.69, 9.17) is 9.47 Å². The van der Waals surface area contributed by atoms with Crippen molar-refractivity contribution in [3.63, 3.8) is 0 Å². The van der Waals surface area contributed by atoms with E-state index in [0.717, 1.165) is 10.0 Å². The second-order valence-corrected chi connectivity index (χ2v) is 8.15. The average Bonchev–Trinajstić information content (AvgIpc) is 2.53. The van der Waals surface area contributed by atoms with E-state index < -0.39 is 5.60 Å². The van der Waals surface area contributed by atoms with Gasteiger partial charge in [0.25, 0.3) is 0 Å².